The Balaban J connectivity index is 3.19. The lowest BCUT2D eigenvalue weighted by Crippen LogP contribution is -2.15. The van der Waals surface area contributed by atoms with E-state index in [1.165, 1.54) is 0 Å². The van der Waals surface area contributed by atoms with Gasteiger partial charge in [-0.15, -0.1) is 0 Å². The molecular formula is C10H11BrO. The number of hydrogen-bond acceptors (Lipinski definition) is 1. The van der Waals surface area contributed by atoms with Crippen LogP contribution in [0.4, 0.5) is 0 Å². The van der Waals surface area contributed by atoms with Crippen LogP contribution in [-0.4, -0.2) is 6.29 Å². The molecular weight excluding hydrogens is 216 g/mol. The van der Waals surface area contributed by atoms with Crippen LogP contribution in [0.25, 0.3) is 0 Å². The summed E-state index contributed by atoms with van der Waals surface area (Å²) in [4.78, 5) is 10.7. The van der Waals surface area contributed by atoms with Crippen molar-refractivity contribution in [1.29, 1.82) is 0 Å². The molecule has 12 heavy (non-hydrogen) atoms. The Morgan fingerprint density at radius 2 is 2.00 bits per heavy atom. The van der Waals surface area contributed by atoms with Gasteiger partial charge in [0.1, 0.15) is 10.6 Å². The second kappa shape index (κ2) is 3.40. The third-order valence-corrected chi connectivity index (χ3v) is 2.51. The molecule has 1 atom stereocenters. The molecule has 1 rings (SSSR count). The molecule has 0 amide bonds. The number of benzene rings is 1. The first-order valence-electron chi connectivity index (χ1n) is 3.79. The number of carbonyl (C=O) groups is 1. The minimum Gasteiger partial charge on any atom is -0.301 e. The maximum absolute atomic E-state index is 10.7. The Labute approximate surface area is 80.9 Å². The summed E-state index contributed by atoms with van der Waals surface area (Å²) in [6.45, 7) is 3.85. The lowest BCUT2D eigenvalue weighted by Gasteiger charge is -2.17. The van der Waals surface area contributed by atoms with Gasteiger partial charge in [0, 0.05) is 0 Å². The van der Waals surface area contributed by atoms with E-state index < -0.39 is 4.32 Å². The molecule has 64 valence electrons. The minimum atomic E-state index is -0.543. The molecule has 0 fully saturated rings. The molecule has 0 spiro atoms. The second-order valence-corrected chi connectivity index (χ2v) is 4.66. The normalized spacial score (nSPS) is 15.2. The summed E-state index contributed by atoms with van der Waals surface area (Å²) < 4.78 is -0.543. The third-order valence-electron chi connectivity index (χ3n) is 1.89. The lowest BCUT2D eigenvalue weighted by atomic mass is 9.98. The summed E-state index contributed by atoms with van der Waals surface area (Å²) in [6.07, 6.45) is 0.912. The van der Waals surface area contributed by atoms with Crippen LogP contribution >= 0.6 is 15.9 Å². The highest BCUT2D eigenvalue weighted by Gasteiger charge is 2.22. The van der Waals surface area contributed by atoms with Crippen molar-refractivity contribution < 1.29 is 4.79 Å². The summed E-state index contributed by atoms with van der Waals surface area (Å²) in [5, 5.41) is 0. The van der Waals surface area contributed by atoms with E-state index in [-0.39, 0.29) is 0 Å². The van der Waals surface area contributed by atoms with E-state index in [4.69, 9.17) is 0 Å². The molecule has 0 aliphatic carbocycles. The molecule has 1 aromatic carbocycles. The van der Waals surface area contributed by atoms with Gasteiger partial charge >= 0.3 is 0 Å². The number of carbonyl (C=O) groups excluding carboxylic acids is 1. The quantitative estimate of drug-likeness (QED) is 0.560. The zero-order chi connectivity index (χ0) is 9.19. The molecule has 0 aliphatic heterocycles. The summed E-state index contributed by atoms with van der Waals surface area (Å²) in [5.74, 6) is 0. The first-order chi connectivity index (χ1) is 5.58. The third kappa shape index (κ3) is 1.75. The first kappa shape index (κ1) is 9.46. The summed E-state index contributed by atoms with van der Waals surface area (Å²) in [6, 6.07) is 7.86. The van der Waals surface area contributed by atoms with Gasteiger partial charge in [-0.05, 0) is 25.0 Å². The van der Waals surface area contributed by atoms with Crippen molar-refractivity contribution in [3.63, 3.8) is 0 Å². The van der Waals surface area contributed by atoms with Gasteiger partial charge in [0.2, 0.25) is 0 Å². The first-order valence-corrected chi connectivity index (χ1v) is 4.58. The van der Waals surface area contributed by atoms with E-state index in [9.17, 15) is 4.79 Å². The molecule has 1 unspecified atom stereocenters. The van der Waals surface area contributed by atoms with Gasteiger partial charge in [-0.1, -0.05) is 40.2 Å². The van der Waals surface area contributed by atoms with E-state index in [1.54, 1.807) is 0 Å². The van der Waals surface area contributed by atoms with Crippen LogP contribution in [0.3, 0.4) is 0 Å². The van der Waals surface area contributed by atoms with Crippen LogP contribution in [0, 0.1) is 6.92 Å². The molecule has 0 bridgehead atoms. The predicted octanol–water partition coefficient (Wildman–Crippen LogP) is 2.80. The number of rotatable bonds is 2. The summed E-state index contributed by atoms with van der Waals surface area (Å²) in [7, 11) is 0. The maximum atomic E-state index is 10.7. The van der Waals surface area contributed by atoms with Crippen LogP contribution in [-0.2, 0) is 9.12 Å². The zero-order valence-electron chi connectivity index (χ0n) is 7.17. The molecule has 0 heterocycles. The number of hydrogen-bond donors (Lipinski definition) is 0. The zero-order valence-corrected chi connectivity index (χ0v) is 8.76. The maximum Gasteiger partial charge on any atom is 0.140 e. The van der Waals surface area contributed by atoms with Crippen molar-refractivity contribution in [3.05, 3.63) is 35.4 Å². The highest BCUT2D eigenvalue weighted by atomic mass is 79.9. The van der Waals surface area contributed by atoms with Crippen molar-refractivity contribution >= 4 is 22.2 Å². The SMILES string of the molecule is Cc1ccccc1C(C)(Br)C=O. The molecule has 0 aromatic heterocycles. The molecule has 0 N–H and O–H groups in total. The van der Waals surface area contributed by atoms with Crippen molar-refractivity contribution in [2.75, 3.05) is 0 Å². The highest BCUT2D eigenvalue weighted by Crippen LogP contribution is 2.30. The van der Waals surface area contributed by atoms with Crippen LogP contribution < -0.4 is 0 Å². The second-order valence-electron chi connectivity index (χ2n) is 3.01. The van der Waals surface area contributed by atoms with E-state index >= 15 is 0 Å². The van der Waals surface area contributed by atoms with E-state index in [2.05, 4.69) is 15.9 Å². The van der Waals surface area contributed by atoms with Gasteiger partial charge in [0.05, 0.1) is 0 Å². The van der Waals surface area contributed by atoms with Crippen LogP contribution in [0.1, 0.15) is 18.1 Å². The fraction of sp³-hybridized carbons (Fsp3) is 0.300. The molecule has 1 aromatic rings. The smallest absolute Gasteiger partial charge is 0.140 e. The number of alkyl halides is 1. The average Bonchev–Trinajstić information content (AvgIpc) is 2.05. The van der Waals surface area contributed by atoms with Crippen molar-refractivity contribution in [1.82, 2.24) is 0 Å². The van der Waals surface area contributed by atoms with Crippen LogP contribution in [0.15, 0.2) is 24.3 Å². The Bertz CT molecular complexity index is 292. The summed E-state index contributed by atoms with van der Waals surface area (Å²) in [5.41, 5.74) is 2.16. The number of aldehydes is 1. The minimum absolute atomic E-state index is 0.543. The average molecular weight is 227 g/mol. The molecule has 0 saturated carbocycles. The van der Waals surface area contributed by atoms with Crippen molar-refractivity contribution in [2.24, 2.45) is 0 Å². The van der Waals surface area contributed by atoms with Gasteiger partial charge in [-0.2, -0.15) is 0 Å². The molecule has 0 saturated heterocycles. The van der Waals surface area contributed by atoms with Crippen molar-refractivity contribution in [2.45, 2.75) is 18.2 Å². The molecule has 0 radical (unpaired) electrons. The molecule has 2 heteroatoms. The van der Waals surface area contributed by atoms with E-state index in [0.717, 1.165) is 17.4 Å². The molecule has 1 nitrogen and oxygen atoms in total. The Morgan fingerprint density at radius 1 is 1.42 bits per heavy atom. The van der Waals surface area contributed by atoms with Gasteiger partial charge in [-0.25, -0.2) is 0 Å². The van der Waals surface area contributed by atoms with E-state index in [0.29, 0.717) is 0 Å². The van der Waals surface area contributed by atoms with Gasteiger partial charge < -0.3 is 4.79 Å². The fourth-order valence-corrected chi connectivity index (χ4v) is 1.63. The highest BCUT2D eigenvalue weighted by molar-refractivity contribution is 9.10. The van der Waals surface area contributed by atoms with Crippen LogP contribution in [0.2, 0.25) is 0 Å². The summed E-state index contributed by atoms with van der Waals surface area (Å²) >= 11 is 3.37. The Morgan fingerprint density at radius 3 is 2.50 bits per heavy atom. The van der Waals surface area contributed by atoms with Gasteiger partial charge in [-0.3, -0.25) is 0 Å². The topological polar surface area (TPSA) is 17.1 Å². The fourth-order valence-electron chi connectivity index (χ4n) is 1.18. The van der Waals surface area contributed by atoms with Gasteiger partial charge in [0.15, 0.2) is 0 Å². The predicted molar refractivity (Wildman–Crippen MR) is 53.5 cm³/mol. The Kier molecular flexibility index (Phi) is 2.68. The van der Waals surface area contributed by atoms with E-state index in [1.807, 2.05) is 38.1 Å². The number of aryl methyl sites for hydroxylation is 1. The largest absolute Gasteiger partial charge is 0.301 e. The van der Waals surface area contributed by atoms with Crippen LogP contribution in [0.5, 0.6) is 0 Å². The molecule has 0 aliphatic rings. The Hall–Kier alpha value is -0.630. The van der Waals surface area contributed by atoms with Gasteiger partial charge in [0.25, 0.3) is 0 Å². The lowest BCUT2D eigenvalue weighted by molar-refractivity contribution is -0.109. The van der Waals surface area contributed by atoms with Crippen molar-refractivity contribution in [3.8, 4) is 0 Å². The monoisotopic (exact) mass is 226 g/mol. The number of halogens is 1. The standard InChI is InChI=1S/C10H11BrO/c1-8-5-3-4-6-9(8)10(2,11)7-12/h3-7H,1-2H3.